The van der Waals surface area contributed by atoms with Gasteiger partial charge in [-0.2, -0.15) is 0 Å². The van der Waals surface area contributed by atoms with Gasteiger partial charge in [-0.15, -0.1) is 0 Å². The van der Waals surface area contributed by atoms with Gasteiger partial charge in [0.1, 0.15) is 0 Å². The fourth-order valence-corrected chi connectivity index (χ4v) is 2.19. The minimum Gasteiger partial charge on any atom is -0.358 e. The summed E-state index contributed by atoms with van der Waals surface area (Å²) in [5.41, 5.74) is 0.164. The van der Waals surface area contributed by atoms with E-state index in [0.717, 1.165) is 25.8 Å². The van der Waals surface area contributed by atoms with Crippen molar-refractivity contribution in [3.05, 3.63) is 33.8 Å². The molecule has 108 valence electrons. The van der Waals surface area contributed by atoms with Gasteiger partial charge in [-0.05, 0) is 38.6 Å². The zero-order chi connectivity index (χ0) is 14.3. The van der Waals surface area contributed by atoms with Crippen molar-refractivity contribution in [1.29, 1.82) is 0 Å². The molecule has 1 aromatic rings. The Balaban J connectivity index is 2.44. The molecule has 2 N–H and O–H groups in total. The fourth-order valence-electron chi connectivity index (χ4n) is 1.89. The van der Waals surface area contributed by atoms with Crippen LogP contribution in [0.4, 0.5) is 4.39 Å². The zero-order valence-corrected chi connectivity index (χ0v) is 12.6. The molecule has 0 heterocycles. The number of benzene rings is 1. The predicted molar refractivity (Wildman–Crippen MR) is 78.5 cm³/mol. The highest BCUT2D eigenvalue weighted by molar-refractivity contribution is 6.42. The molecule has 0 aliphatic heterocycles. The lowest BCUT2D eigenvalue weighted by Crippen LogP contribution is -2.19. The van der Waals surface area contributed by atoms with Crippen molar-refractivity contribution >= 4 is 23.2 Å². The number of unbranched alkanes of at least 4 members (excludes halogenated alkanes) is 3. The molecule has 1 aromatic carbocycles. The van der Waals surface area contributed by atoms with E-state index >= 15 is 0 Å². The Kier molecular flexibility index (Phi) is 7.08. The Labute approximate surface area is 123 Å². The molecule has 0 radical (unpaired) electrons. The number of halogens is 3. The maximum Gasteiger partial charge on any atom is 0.233 e. The normalized spacial score (nSPS) is 14.4. The third-order valence-electron chi connectivity index (χ3n) is 3.05. The van der Waals surface area contributed by atoms with Crippen LogP contribution in [0.5, 0.6) is 0 Å². The van der Waals surface area contributed by atoms with Crippen LogP contribution in [-0.2, 0) is 5.85 Å². The molecule has 0 fully saturated rings. The quantitative estimate of drug-likeness (QED) is 0.703. The van der Waals surface area contributed by atoms with Crippen LogP contribution in [0.3, 0.4) is 0 Å². The third kappa shape index (κ3) is 5.65. The van der Waals surface area contributed by atoms with Gasteiger partial charge < -0.3 is 10.4 Å². The Bertz CT molecular complexity index is 399. The van der Waals surface area contributed by atoms with E-state index in [-0.39, 0.29) is 17.0 Å². The van der Waals surface area contributed by atoms with Gasteiger partial charge in [-0.25, -0.2) is 4.39 Å². The molecular weight excluding hydrogens is 288 g/mol. The van der Waals surface area contributed by atoms with Crippen molar-refractivity contribution < 1.29 is 9.50 Å². The summed E-state index contributed by atoms with van der Waals surface area (Å²) in [6.07, 6.45) is 3.70. The SMILES string of the molecule is CNCCCCCC[C@](O)(F)c1ccc(Cl)c(Cl)c1. The summed E-state index contributed by atoms with van der Waals surface area (Å²) >= 11 is 11.6. The Hall–Kier alpha value is -0.350. The van der Waals surface area contributed by atoms with Crippen molar-refractivity contribution in [2.45, 2.75) is 38.0 Å². The van der Waals surface area contributed by atoms with Crippen LogP contribution in [0.1, 0.15) is 37.7 Å². The summed E-state index contributed by atoms with van der Waals surface area (Å²) in [6, 6.07) is 4.34. The molecule has 0 spiro atoms. The second kappa shape index (κ2) is 8.05. The molecule has 0 aliphatic carbocycles. The van der Waals surface area contributed by atoms with Crippen LogP contribution in [0.2, 0.25) is 10.0 Å². The Morgan fingerprint density at radius 3 is 2.47 bits per heavy atom. The molecular formula is C14H20Cl2FNO. The van der Waals surface area contributed by atoms with Gasteiger partial charge in [0.25, 0.3) is 0 Å². The molecule has 0 saturated heterocycles. The predicted octanol–water partition coefficient (Wildman–Crippen LogP) is 4.28. The monoisotopic (exact) mass is 307 g/mol. The van der Waals surface area contributed by atoms with Crippen LogP contribution < -0.4 is 5.32 Å². The van der Waals surface area contributed by atoms with Crippen LogP contribution in [0, 0.1) is 0 Å². The Morgan fingerprint density at radius 1 is 1.16 bits per heavy atom. The first-order valence-electron chi connectivity index (χ1n) is 6.49. The first-order chi connectivity index (χ1) is 8.97. The van der Waals surface area contributed by atoms with E-state index in [9.17, 15) is 9.50 Å². The number of hydrogen-bond acceptors (Lipinski definition) is 2. The smallest absolute Gasteiger partial charge is 0.233 e. The summed E-state index contributed by atoms with van der Waals surface area (Å²) < 4.78 is 14.2. The standard InChI is InChI=1S/C14H20Cl2FNO/c1-18-9-5-3-2-4-8-14(17,19)11-6-7-12(15)13(16)10-11/h6-7,10,18-19H,2-5,8-9H2,1H3/t14-/m1/s1. The maximum atomic E-state index is 14.2. The van der Waals surface area contributed by atoms with Gasteiger partial charge >= 0.3 is 0 Å². The number of nitrogens with one attached hydrogen (secondary N) is 1. The minimum atomic E-state index is -2.34. The summed E-state index contributed by atoms with van der Waals surface area (Å²) in [4.78, 5) is 0. The molecule has 1 atom stereocenters. The van der Waals surface area contributed by atoms with Gasteiger partial charge in [-0.3, -0.25) is 0 Å². The van der Waals surface area contributed by atoms with Gasteiger partial charge in [0.15, 0.2) is 0 Å². The molecule has 1 rings (SSSR count). The van der Waals surface area contributed by atoms with E-state index in [1.54, 1.807) is 0 Å². The molecule has 0 unspecified atom stereocenters. The van der Waals surface area contributed by atoms with E-state index in [4.69, 9.17) is 23.2 Å². The molecule has 19 heavy (non-hydrogen) atoms. The molecule has 2 nitrogen and oxygen atoms in total. The molecule has 5 heteroatoms. The van der Waals surface area contributed by atoms with Crippen molar-refractivity contribution in [1.82, 2.24) is 5.32 Å². The fraction of sp³-hybridized carbons (Fsp3) is 0.571. The number of alkyl halides is 1. The lowest BCUT2D eigenvalue weighted by molar-refractivity contribution is -0.103. The second-order valence-electron chi connectivity index (χ2n) is 4.66. The number of rotatable bonds is 8. The van der Waals surface area contributed by atoms with Gasteiger partial charge in [0.2, 0.25) is 5.85 Å². The van der Waals surface area contributed by atoms with Gasteiger partial charge in [0.05, 0.1) is 10.0 Å². The largest absolute Gasteiger partial charge is 0.358 e. The van der Waals surface area contributed by atoms with E-state index in [0.29, 0.717) is 11.4 Å². The topological polar surface area (TPSA) is 32.3 Å². The van der Waals surface area contributed by atoms with Crippen molar-refractivity contribution in [2.24, 2.45) is 0 Å². The van der Waals surface area contributed by atoms with Crippen LogP contribution in [0.25, 0.3) is 0 Å². The zero-order valence-electron chi connectivity index (χ0n) is 11.1. The second-order valence-corrected chi connectivity index (χ2v) is 5.47. The maximum absolute atomic E-state index is 14.2. The molecule has 0 saturated carbocycles. The number of hydrogen-bond donors (Lipinski definition) is 2. The highest BCUT2D eigenvalue weighted by Crippen LogP contribution is 2.33. The van der Waals surface area contributed by atoms with Crippen molar-refractivity contribution in [3.63, 3.8) is 0 Å². The van der Waals surface area contributed by atoms with E-state index in [2.05, 4.69) is 5.32 Å². The summed E-state index contributed by atoms with van der Waals surface area (Å²) in [5, 5.41) is 13.5. The lowest BCUT2D eigenvalue weighted by atomic mass is 10.0. The van der Waals surface area contributed by atoms with E-state index in [1.165, 1.54) is 18.2 Å². The van der Waals surface area contributed by atoms with Gasteiger partial charge in [0, 0.05) is 12.0 Å². The molecule has 0 bridgehead atoms. The lowest BCUT2D eigenvalue weighted by Gasteiger charge is -2.19. The number of aliphatic hydroxyl groups is 1. The first-order valence-corrected chi connectivity index (χ1v) is 7.24. The van der Waals surface area contributed by atoms with Gasteiger partial charge in [-0.1, -0.05) is 42.1 Å². The van der Waals surface area contributed by atoms with Crippen molar-refractivity contribution in [2.75, 3.05) is 13.6 Å². The highest BCUT2D eigenvalue weighted by Gasteiger charge is 2.28. The summed E-state index contributed by atoms with van der Waals surface area (Å²) in [6.45, 7) is 0.965. The average molecular weight is 308 g/mol. The summed E-state index contributed by atoms with van der Waals surface area (Å²) in [5.74, 6) is -2.34. The third-order valence-corrected chi connectivity index (χ3v) is 3.79. The van der Waals surface area contributed by atoms with Crippen LogP contribution in [0.15, 0.2) is 18.2 Å². The molecule has 0 aromatic heterocycles. The van der Waals surface area contributed by atoms with E-state index in [1.807, 2.05) is 7.05 Å². The first kappa shape index (κ1) is 16.7. The van der Waals surface area contributed by atoms with Crippen molar-refractivity contribution in [3.8, 4) is 0 Å². The summed E-state index contributed by atoms with van der Waals surface area (Å²) in [7, 11) is 1.91. The highest BCUT2D eigenvalue weighted by atomic mass is 35.5. The average Bonchev–Trinajstić information content (AvgIpc) is 2.36. The van der Waals surface area contributed by atoms with E-state index < -0.39 is 5.85 Å². The Morgan fingerprint density at radius 2 is 1.84 bits per heavy atom. The molecule has 0 amide bonds. The minimum absolute atomic E-state index is 0.0739. The molecule has 0 aliphatic rings. The van der Waals surface area contributed by atoms with Crippen LogP contribution >= 0.6 is 23.2 Å². The van der Waals surface area contributed by atoms with Crippen LogP contribution in [-0.4, -0.2) is 18.7 Å².